The van der Waals surface area contributed by atoms with Crippen LogP contribution in [0.15, 0.2) is 42.5 Å². The molecule has 29 heavy (non-hydrogen) atoms. The molecule has 0 bridgehead atoms. The topological polar surface area (TPSA) is 49.4 Å². The van der Waals surface area contributed by atoms with Gasteiger partial charge in [0.05, 0.1) is 11.5 Å². The van der Waals surface area contributed by atoms with Gasteiger partial charge in [-0.2, -0.15) is 13.2 Å². The van der Waals surface area contributed by atoms with Crippen LogP contribution in [0, 0.1) is 12.8 Å². The number of nitrogens with zero attached hydrogens (tertiary/aromatic N) is 1. The maximum Gasteiger partial charge on any atom is 0.416 e. The van der Waals surface area contributed by atoms with Crippen molar-refractivity contribution in [1.82, 2.24) is 4.90 Å². The predicted molar refractivity (Wildman–Crippen MR) is 105 cm³/mol. The molecule has 0 radical (unpaired) electrons. The molecule has 3 rings (SSSR count). The number of rotatable bonds is 3. The maximum atomic E-state index is 13.1. The highest BCUT2D eigenvalue weighted by atomic mass is 35.5. The van der Waals surface area contributed by atoms with Crippen LogP contribution < -0.4 is 5.32 Å². The van der Waals surface area contributed by atoms with E-state index in [1.54, 1.807) is 24.3 Å². The van der Waals surface area contributed by atoms with Crippen LogP contribution in [0.3, 0.4) is 0 Å². The summed E-state index contributed by atoms with van der Waals surface area (Å²) >= 11 is 5.83. The number of hydrogen-bond donors (Lipinski definition) is 1. The number of carbonyl (C=O) groups excluding carboxylic acids is 2. The molecule has 0 aliphatic carbocycles. The number of carbonyl (C=O) groups is 2. The number of anilines is 1. The number of halogens is 4. The van der Waals surface area contributed by atoms with E-state index in [4.69, 9.17) is 11.6 Å². The fourth-order valence-electron chi connectivity index (χ4n) is 3.41. The van der Waals surface area contributed by atoms with E-state index in [2.05, 4.69) is 5.32 Å². The van der Waals surface area contributed by atoms with Crippen molar-refractivity contribution in [2.75, 3.05) is 18.4 Å². The molecule has 1 aliphatic rings. The van der Waals surface area contributed by atoms with E-state index in [1.165, 1.54) is 17.9 Å². The summed E-state index contributed by atoms with van der Waals surface area (Å²) in [5.74, 6) is -1.16. The zero-order valence-corrected chi connectivity index (χ0v) is 16.5. The third-order valence-corrected chi connectivity index (χ3v) is 5.09. The summed E-state index contributed by atoms with van der Waals surface area (Å²) in [4.78, 5) is 26.8. The van der Waals surface area contributed by atoms with Gasteiger partial charge < -0.3 is 10.2 Å². The van der Waals surface area contributed by atoms with Crippen LogP contribution >= 0.6 is 11.6 Å². The SMILES string of the molecule is Cc1cc(C(=O)N2CCCC(C(=O)Nc3ccc(Cl)cc3)C2)cc(C(F)(F)F)c1. The lowest BCUT2D eigenvalue weighted by atomic mass is 9.96. The molecular weight excluding hydrogens is 405 g/mol. The van der Waals surface area contributed by atoms with Crippen LogP contribution in [-0.2, 0) is 11.0 Å². The lowest BCUT2D eigenvalue weighted by Crippen LogP contribution is -2.43. The van der Waals surface area contributed by atoms with Crippen molar-refractivity contribution in [2.45, 2.75) is 25.9 Å². The summed E-state index contributed by atoms with van der Waals surface area (Å²) < 4.78 is 39.2. The summed E-state index contributed by atoms with van der Waals surface area (Å²) in [6, 6.07) is 9.99. The molecule has 2 amide bonds. The Labute approximate surface area is 171 Å². The quantitative estimate of drug-likeness (QED) is 0.740. The number of hydrogen-bond acceptors (Lipinski definition) is 2. The summed E-state index contributed by atoms with van der Waals surface area (Å²) in [7, 11) is 0. The van der Waals surface area contributed by atoms with Crippen molar-refractivity contribution in [1.29, 1.82) is 0 Å². The Hall–Kier alpha value is -2.54. The summed E-state index contributed by atoms with van der Waals surface area (Å²) in [5.41, 5.74) is 0.0829. The molecule has 1 heterocycles. The normalized spacial score (nSPS) is 17.1. The van der Waals surface area contributed by atoms with Gasteiger partial charge in [-0.15, -0.1) is 0 Å². The monoisotopic (exact) mass is 424 g/mol. The van der Waals surface area contributed by atoms with E-state index in [0.29, 0.717) is 35.7 Å². The molecule has 1 atom stereocenters. The Morgan fingerprint density at radius 1 is 1.14 bits per heavy atom. The zero-order chi connectivity index (χ0) is 21.2. The summed E-state index contributed by atoms with van der Waals surface area (Å²) in [5, 5.41) is 3.34. The highest BCUT2D eigenvalue weighted by Gasteiger charge is 2.33. The molecule has 2 aromatic carbocycles. The molecule has 1 unspecified atom stereocenters. The Morgan fingerprint density at radius 2 is 1.83 bits per heavy atom. The molecule has 2 aromatic rings. The van der Waals surface area contributed by atoms with E-state index in [9.17, 15) is 22.8 Å². The minimum absolute atomic E-state index is 0.0175. The van der Waals surface area contributed by atoms with Crippen molar-refractivity contribution < 1.29 is 22.8 Å². The first-order valence-electron chi connectivity index (χ1n) is 9.18. The third-order valence-electron chi connectivity index (χ3n) is 4.84. The van der Waals surface area contributed by atoms with Gasteiger partial charge in [0, 0.05) is 29.4 Å². The van der Waals surface area contributed by atoms with Gasteiger partial charge in [-0.1, -0.05) is 11.6 Å². The van der Waals surface area contributed by atoms with E-state index in [-0.39, 0.29) is 18.0 Å². The molecule has 1 fully saturated rings. The second-order valence-electron chi connectivity index (χ2n) is 7.17. The molecule has 1 saturated heterocycles. The highest BCUT2D eigenvalue weighted by Crippen LogP contribution is 2.31. The van der Waals surface area contributed by atoms with Crippen LogP contribution in [0.1, 0.15) is 34.3 Å². The Kier molecular flexibility index (Phi) is 6.17. The van der Waals surface area contributed by atoms with Crippen LogP contribution in [-0.4, -0.2) is 29.8 Å². The molecule has 1 aliphatic heterocycles. The van der Waals surface area contributed by atoms with Crippen molar-refractivity contribution in [3.63, 3.8) is 0 Å². The second-order valence-corrected chi connectivity index (χ2v) is 7.61. The number of alkyl halides is 3. The highest BCUT2D eigenvalue weighted by molar-refractivity contribution is 6.30. The zero-order valence-electron chi connectivity index (χ0n) is 15.7. The van der Waals surface area contributed by atoms with Gasteiger partial charge in [0.15, 0.2) is 0 Å². The largest absolute Gasteiger partial charge is 0.416 e. The van der Waals surface area contributed by atoms with Crippen LogP contribution in [0.2, 0.25) is 5.02 Å². The fourth-order valence-corrected chi connectivity index (χ4v) is 3.53. The first-order chi connectivity index (χ1) is 13.6. The lowest BCUT2D eigenvalue weighted by Gasteiger charge is -2.32. The van der Waals surface area contributed by atoms with Gasteiger partial charge in [0.25, 0.3) is 5.91 Å². The van der Waals surface area contributed by atoms with E-state index in [0.717, 1.165) is 12.1 Å². The summed E-state index contributed by atoms with van der Waals surface area (Å²) in [6.45, 7) is 2.08. The smallest absolute Gasteiger partial charge is 0.338 e. The van der Waals surface area contributed by atoms with E-state index < -0.39 is 23.6 Å². The van der Waals surface area contributed by atoms with Gasteiger partial charge in [-0.05, 0) is 67.8 Å². The second kappa shape index (κ2) is 8.45. The predicted octanol–water partition coefficient (Wildman–Crippen LogP) is 5.16. The number of piperidine rings is 1. The molecule has 4 nitrogen and oxygen atoms in total. The van der Waals surface area contributed by atoms with Crippen molar-refractivity contribution in [2.24, 2.45) is 5.92 Å². The van der Waals surface area contributed by atoms with Gasteiger partial charge in [-0.3, -0.25) is 9.59 Å². The minimum Gasteiger partial charge on any atom is -0.338 e. The van der Waals surface area contributed by atoms with Crippen molar-refractivity contribution in [3.05, 3.63) is 64.2 Å². The molecule has 0 aromatic heterocycles. The van der Waals surface area contributed by atoms with Crippen LogP contribution in [0.5, 0.6) is 0 Å². The Morgan fingerprint density at radius 3 is 2.48 bits per heavy atom. The van der Waals surface area contributed by atoms with Crippen molar-refractivity contribution in [3.8, 4) is 0 Å². The number of likely N-dealkylation sites (tertiary alicyclic amines) is 1. The van der Waals surface area contributed by atoms with Crippen molar-refractivity contribution >= 4 is 29.1 Å². The van der Waals surface area contributed by atoms with E-state index >= 15 is 0 Å². The number of nitrogens with one attached hydrogen (secondary N) is 1. The third kappa shape index (κ3) is 5.29. The Balaban J connectivity index is 1.71. The van der Waals surface area contributed by atoms with Gasteiger partial charge in [0.2, 0.25) is 5.91 Å². The fraction of sp³-hybridized carbons (Fsp3) is 0.333. The van der Waals surface area contributed by atoms with Crippen LogP contribution in [0.4, 0.5) is 18.9 Å². The molecule has 154 valence electrons. The van der Waals surface area contributed by atoms with Crippen LogP contribution in [0.25, 0.3) is 0 Å². The number of aryl methyl sites for hydroxylation is 1. The first kappa shape index (κ1) is 21.2. The standard InChI is InChI=1S/C21H20ClF3N2O2/c1-13-9-15(11-16(10-13)21(23,24)25)20(29)27-8-2-3-14(12-27)19(28)26-18-6-4-17(22)5-7-18/h4-7,9-11,14H,2-3,8,12H2,1H3,(H,26,28). The van der Waals surface area contributed by atoms with Gasteiger partial charge in [-0.25, -0.2) is 0 Å². The minimum atomic E-state index is -4.52. The number of benzene rings is 2. The van der Waals surface area contributed by atoms with Gasteiger partial charge >= 0.3 is 6.18 Å². The summed E-state index contributed by atoms with van der Waals surface area (Å²) in [6.07, 6.45) is -3.32. The van der Waals surface area contributed by atoms with E-state index in [1.807, 2.05) is 0 Å². The molecule has 8 heteroatoms. The number of amides is 2. The maximum absolute atomic E-state index is 13.1. The molecular formula is C21H20ClF3N2O2. The average Bonchev–Trinajstić information content (AvgIpc) is 2.68. The van der Waals surface area contributed by atoms with Gasteiger partial charge in [0.1, 0.15) is 0 Å². The molecule has 0 saturated carbocycles. The lowest BCUT2D eigenvalue weighted by molar-refractivity contribution is -0.137. The molecule has 1 N–H and O–H groups in total. The molecule has 0 spiro atoms. The Bertz CT molecular complexity index is 913. The first-order valence-corrected chi connectivity index (χ1v) is 9.56. The average molecular weight is 425 g/mol.